The Balaban J connectivity index is 2.78. The Morgan fingerprint density at radius 2 is 2.14 bits per heavy atom. The first kappa shape index (κ1) is 6.70. The Labute approximate surface area is 44.7 Å². The second-order valence-electron chi connectivity index (χ2n) is 1.30. The van der Waals surface area contributed by atoms with Crippen molar-refractivity contribution in [3.05, 3.63) is 18.8 Å². The molecule has 1 heteroatoms. The molecule has 0 saturated carbocycles. The molecule has 0 unspecified atom stereocenters. The molecule has 0 bridgehead atoms. The molecule has 0 fully saturated rings. The fraction of sp³-hybridized carbons (Fsp3) is 0.500. The lowest BCUT2D eigenvalue weighted by Crippen LogP contribution is -1.64. The monoisotopic (exact) mass is 99.1 g/mol. The van der Waals surface area contributed by atoms with E-state index >= 15 is 0 Å². The first-order valence-corrected chi connectivity index (χ1v) is 2.52. The second-order valence-corrected chi connectivity index (χ2v) is 1.30. The first-order chi connectivity index (χ1) is 3.41. The third-order valence-electron chi connectivity index (χ3n) is 0.644. The van der Waals surface area contributed by atoms with Gasteiger partial charge in [0.2, 0.25) is 0 Å². The van der Waals surface area contributed by atoms with Gasteiger partial charge in [-0.05, 0) is 12.8 Å². The van der Waals surface area contributed by atoms with Crippen LogP contribution in [-0.4, -0.2) is 5.11 Å². The van der Waals surface area contributed by atoms with Crippen molar-refractivity contribution < 1.29 is 5.11 Å². The van der Waals surface area contributed by atoms with E-state index < -0.39 is 0 Å². The summed E-state index contributed by atoms with van der Waals surface area (Å²) in [7, 11) is 0. The van der Waals surface area contributed by atoms with E-state index in [4.69, 9.17) is 5.11 Å². The van der Waals surface area contributed by atoms with E-state index in [-0.39, 0.29) is 0 Å². The van der Waals surface area contributed by atoms with Gasteiger partial charge in [0.15, 0.2) is 0 Å². The zero-order valence-corrected chi connectivity index (χ0v) is 4.59. The minimum Gasteiger partial charge on any atom is -0.390 e. The van der Waals surface area contributed by atoms with Gasteiger partial charge >= 0.3 is 0 Å². The standard InChI is InChI=1S/C6H11O/c1-2-3-4-5-6-7/h3-4,6-7H,2,5H2,1H3. The largest absolute Gasteiger partial charge is 0.390 e. The van der Waals surface area contributed by atoms with Crippen molar-refractivity contribution in [2.24, 2.45) is 0 Å². The zero-order valence-electron chi connectivity index (χ0n) is 4.59. The highest BCUT2D eigenvalue weighted by atomic mass is 16.2. The summed E-state index contributed by atoms with van der Waals surface area (Å²) >= 11 is 0. The van der Waals surface area contributed by atoms with Crippen molar-refractivity contribution >= 4 is 0 Å². The minimum atomic E-state index is 0.674. The molecule has 7 heavy (non-hydrogen) atoms. The van der Waals surface area contributed by atoms with Gasteiger partial charge in [-0.25, -0.2) is 0 Å². The molecule has 1 nitrogen and oxygen atoms in total. The molecule has 0 aromatic rings. The summed E-state index contributed by atoms with van der Waals surface area (Å²) in [6, 6.07) is 0. The summed E-state index contributed by atoms with van der Waals surface area (Å²) in [5.41, 5.74) is 0. The van der Waals surface area contributed by atoms with Crippen LogP contribution in [0.5, 0.6) is 0 Å². The third kappa shape index (κ3) is 5.70. The Morgan fingerprint density at radius 3 is 2.57 bits per heavy atom. The molecule has 0 rings (SSSR count). The van der Waals surface area contributed by atoms with Crippen molar-refractivity contribution in [1.29, 1.82) is 0 Å². The van der Waals surface area contributed by atoms with Gasteiger partial charge in [0, 0.05) is 0 Å². The highest BCUT2D eigenvalue weighted by molar-refractivity contribution is 4.81. The molecule has 1 radical (unpaired) electrons. The lowest BCUT2D eigenvalue weighted by molar-refractivity contribution is 0.388. The number of hydrogen-bond acceptors (Lipinski definition) is 1. The summed E-state index contributed by atoms with van der Waals surface area (Å²) < 4.78 is 0. The maximum atomic E-state index is 8.12. The molecule has 0 heterocycles. The highest BCUT2D eigenvalue weighted by Gasteiger charge is 1.70. The van der Waals surface area contributed by atoms with Gasteiger partial charge in [-0.2, -0.15) is 0 Å². The van der Waals surface area contributed by atoms with Crippen molar-refractivity contribution in [3.63, 3.8) is 0 Å². The van der Waals surface area contributed by atoms with Gasteiger partial charge < -0.3 is 5.11 Å². The lowest BCUT2D eigenvalue weighted by atomic mass is 10.3. The molecule has 0 aliphatic rings. The van der Waals surface area contributed by atoms with Crippen molar-refractivity contribution in [1.82, 2.24) is 0 Å². The van der Waals surface area contributed by atoms with Gasteiger partial charge in [-0.3, -0.25) is 0 Å². The number of hydrogen-bond donors (Lipinski definition) is 1. The van der Waals surface area contributed by atoms with Gasteiger partial charge in [0.25, 0.3) is 0 Å². The lowest BCUT2D eigenvalue weighted by Gasteiger charge is -1.78. The van der Waals surface area contributed by atoms with Crippen LogP contribution >= 0.6 is 0 Å². The molecule has 0 atom stereocenters. The maximum absolute atomic E-state index is 8.12. The van der Waals surface area contributed by atoms with E-state index in [1.807, 2.05) is 12.2 Å². The first-order valence-electron chi connectivity index (χ1n) is 2.52. The fourth-order valence-corrected chi connectivity index (χ4v) is 0.324. The number of aliphatic hydroxyl groups is 1. The van der Waals surface area contributed by atoms with Crippen molar-refractivity contribution in [3.8, 4) is 0 Å². The van der Waals surface area contributed by atoms with Gasteiger partial charge in [-0.15, -0.1) is 0 Å². The van der Waals surface area contributed by atoms with E-state index in [1.165, 1.54) is 0 Å². The van der Waals surface area contributed by atoms with Crippen LogP contribution in [0.25, 0.3) is 0 Å². The van der Waals surface area contributed by atoms with Crippen molar-refractivity contribution in [2.75, 3.05) is 0 Å². The van der Waals surface area contributed by atoms with Crippen LogP contribution < -0.4 is 0 Å². The van der Waals surface area contributed by atoms with Gasteiger partial charge in [0.05, 0.1) is 6.61 Å². The number of allylic oxidation sites excluding steroid dienone is 1. The molecule has 1 N–H and O–H groups in total. The van der Waals surface area contributed by atoms with Crippen LogP contribution in [0, 0.1) is 6.61 Å². The van der Waals surface area contributed by atoms with Gasteiger partial charge in [0.1, 0.15) is 0 Å². The molecule has 0 saturated heterocycles. The quantitative estimate of drug-likeness (QED) is 0.535. The van der Waals surface area contributed by atoms with Crippen LogP contribution in [0.15, 0.2) is 12.2 Å². The Hall–Kier alpha value is -0.300. The third-order valence-corrected chi connectivity index (χ3v) is 0.644. The second kappa shape index (κ2) is 5.70. The molecular weight excluding hydrogens is 88.1 g/mol. The molecule has 0 aliphatic carbocycles. The molecule has 0 spiro atoms. The molecule has 0 aliphatic heterocycles. The average molecular weight is 99.2 g/mol. The summed E-state index contributed by atoms with van der Waals surface area (Å²) in [5.74, 6) is 0. The van der Waals surface area contributed by atoms with E-state index in [2.05, 4.69) is 6.92 Å². The van der Waals surface area contributed by atoms with Crippen LogP contribution in [0.2, 0.25) is 0 Å². The molecular formula is C6H11O. The number of aliphatic hydroxyl groups excluding tert-OH is 1. The minimum absolute atomic E-state index is 0.674. The SMILES string of the molecule is CCC=CC[CH]O. The average Bonchev–Trinajstić information content (AvgIpc) is 1.69. The van der Waals surface area contributed by atoms with E-state index in [1.54, 1.807) is 0 Å². The Morgan fingerprint density at radius 1 is 1.43 bits per heavy atom. The molecule has 0 aromatic heterocycles. The summed E-state index contributed by atoms with van der Waals surface area (Å²) in [5, 5.41) is 8.12. The van der Waals surface area contributed by atoms with Gasteiger partial charge in [-0.1, -0.05) is 19.1 Å². The smallest absolute Gasteiger partial charge is 0.0836 e. The molecule has 41 valence electrons. The van der Waals surface area contributed by atoms with Crippen LogP contribution in [0.4, 0.5) is 0 Å². The maximum Gasteiger partial charge on any atom is 0.0836 e. The summed E-state index contributed by atoms with van der Waals surface area (Å²) in [4.78, 5) is 0. The number of rotatable bonds is 3. The summed E-state index contributed by atoms with van der Waals surface area (Å²) in [6.07, 6.45) is 5.68. The van der Waals surface area contributed by atoms with Crippen molar-refractivity contribution in [2.45, 2.75) is 19.8 Å². The van der Waals surface area contributed by atoms with Crippen LogP contribution in [0.3, 0.4) is 0 Å². The van der Waals surface area contributed by atoms with E-state index in [9.17, 15) is 0 Å². The van der Waals surface area contributed by atoms with Crippen LogP contribution in [0.1, 0.15) is 19.8 Å². The van der Waals surface area contributed by atoms with E-state index in [0.717, 1.165) is 13.0 Å². The van der Waals surface area contributed by atoms with Crippen LogP contribution in [-0.2, 0) is 0 Å². The topological polar surface area (TPSA) is 20.2 Å². The Kier molecular flexibility index (Phi) is 5.46. The van der Waals surface area contributed by atoms with E-state index in [0.29, 0.717) is 6.42 Å². The normalized spacial score (nSPS) is 10.6. The fourth-order valence-electron chi connectivity index (χ4n) is 0.324. The predicted molar refractivity (Wildman–Crippen MR) is 30.3 cm³/mol. The summed E-state index contributed by atoms with van der Waals surface area (Å²) in [6.45, 7) is 3.21. The Bertz CT molecular complexity index is 48.1. The zero-order chi connectivity index (χ0) is 5.54. The molecule has 0 aromatic carbocycles. The highest BCUT2D eigenvalue weighted by Crippen LogP contribution is 1.85. The predicted octanol–water partition coefficient (Wildman–Crippen LogP) is 1.88. The molecule has 0 amide bonds.